The Morgan fingerprint density at radius 2 is 2.11 bits per heavy atom. The summed E-state index contributed by atoms with van der Waals surface area (Å²) in [4.78, 5) is 15.8. The molecule has 1 aliphatic carbocycles. The summed E-state index contributed by atoms with van der Waals surface area (Å²) in [6.45, 7) is 0. The number of rotatable bonds is 5. The summed E-state index contributed by atoms with van der Waals surface area (Å²) < 4.78 is 0. The zero-order chi connectivity index (χ0) is 12.8. The van der Waals surface area contributed by atoms with Crippen LogP contribution in [0.4, 0.5) is 0 Å². The maximum absolute atomic E-state index is 12.0. The summed E-state index contributed by atoms with van der Waals surface area (Å²) in [6.07, 6.45) is 11.3. The van der Waals surface area contributed by atoms with Gasteiger partial charge in [0, 0.05) is 18.2 Å². The van der Waals surface area contributed by atoms with E-state index in [4.69, 9.17) is 11.6 Å². The molecule has 1 aromatic rings. The van der Waals surface area contributed by atoms with E-state index in [9.17, 15) is 4.79 Å². The number of hydrogen-bond donors (Lipinski definition) is 0. The quantitative estimate of drug-likeness (QED) is 0.572. The Bertz CT molecular complexity index is 399. The molecule has 2 nitrogen and oxygen atoms in total. The second kappa shape index (κ2) is 6.89. The van der Waals surface area contributed by atoms with Crippen molar-refractivity contribution in [1.82, 2.24) is 4.98 Å². The third kappa shape index (κ3) is 4.09. The first-order valence-corrected chi connectivity index (χ1v) is 7.28. The topological polar surface area (TPSA) is 30.0 Å². The van der Waals surface area contributed by atoms with Gasteiger partial charge in [-0.25, -0.2) is 4.98 Å². The predicted octanol–water partition coefficient (Wildman–Crippen LogP) is 4.67. The minimum Gasteiger partial charge on any atom is -0.294 e. The van der Waals surface area contributed by atoms with Crippen LogP contribution in [0.1, 0.15) is 61.7 Å². The van der Waals surface area contributed by atoms with Crippen molar-refractivity contribution < 1.29 is 4.79 Å². The molecule has 0 bridgehead atoms. The highest BCUT2D eigenvalue weighted by Gasteiger charge is 2.14. The molecule has 1 fully saturated rings. The zero-order valence-electron chi connectivity index (χ0n) is 10.7. The molecule has 1 aliphatic rings. The molecule has 0 unspecified atom stereocenters. The van der Waals surface area contributed by atoms with Crippen molar-refractivity contribution in [1.29, 1.82) is 0 Å². The number of aromatic nitrogens is 1. The Hall–Kier alpha value is -0.890. The van der Waals surface area contributed by atoms with Gasteiger partial charge in [0.1, 0.15) is 5.15 Å². The number of Topliss-reactive ketones (excluding diaryl/α,β-unsaturated/α-hetero) is 1. The summed E-state index contributed by atoms with van der Waals surface area (Å²) in [6, 6.07) is 3.40. The first-order chi connectivity index (χ1) is 8.75. The Morgan fingerprint density at radius 1 is 1.33 bits per heavy atom. The lowest BCUT2D eigenvalue weighted by Gasteiger charge is -2.21. The average Bonchev–Trinajstić information content (AvgIpc) is 2.40. The van der Waals surface area contributed by atoms with Gasteiger partial charge in [-0.3, -0.25) is 4.79 Å². The van der Waals surface area contributed by atoms with Gasteiger partial charge in [-0.05, 0) is 24.5 Å². The van der Waals surface area contributed by atoms with E-state index in [2.05, 4.69) is 4.98 Å². The average molecular weight is 266 g/mol. The molecule has 0 aliphatic heterocycles. The van der Waals surface area contributed by atoms with E-state index in [1.54, 1.807) is 18.3 Å². The molecule has 2 rings (SSSR count). The molecule has 0 N–H and O–H groups in total. The molecule has 0 spiro atoms. The summed E-state index contributed by atoms with van der Waals surface area (Å²) in [5.41, 5.74) is 0.693. The van der Waals surface area contributed by atoms with E-state index in [1.807, 2.05) is 0 Å². The van der Waals surface area contributed by atoms with Crippen molar-refractivity contribution in [3.05, 3.63) is 29.0 Å². The van der Waals surface area contributed by atoms with Gasteiger partial charge < -0.3 is 0 Å². The molecule has 1 saturated carbocycles. The fourth-order valence-corrected chi connectivity index (χ4v) is 2.92. The Morgan fingerprint density at radius 3 is 2.83 bits per heavy atom. The largest absolute Gasteiger partial charge is 0.294 e. The number of carbonyl (C=O) groups excluding carboxylic acids is 1. The van der Waals surface area contributed by atoms with Crippen LogP contribution >= 0.6 is 11.6 Å². The smallest absolute Gasteiger partial charge is 0.163 e. The van der Waals surface area contributed by atoms with Crippen LogP contribution in [0.15, 0.2) is 18.3 Å². The molecule has 0 radical (unpaired) electrons. The van der Waals surface area contributed by atoms with Gasteiger partial charge in [0.05, 0.1) is 0 Å². The standard InChI is InChI=1S/C15H20ClNO/c16-15-11-13(9-10-17-15)14(18)8-4-7-12-5-2-1-3-6-12/h9-12H,1-8H2. The van der Waals surface area contributed by atoms with Gasteiger partial charge in [0.2, 0.25) is 0 Å². The van der Waals surface area contributed by atoms with Crippen LogP contribution in [0.25, 0.3) is 0 Å². The van der Waals surface area contributed by atoms with Crippen LogP contribution < -0.4 is 0 Å². The van der Waals surface area contributed by atoms with E-state index in [0.717, 1.165) is 12.3 Å². The van der Waals surface area contributed by atoms with Crippen molar-refractivity contribution in [2.45, 2.75) is 51.4 Å². The van der Waals surface area contributed by atoms with Crippen LogP contribution in [-0.2, 0) is 0 Å². The van der Waals surface area contributed by atoms with Crippen molar-refractivity contribution in [2.75, 3.05) is 0 Å². The second-order valence-corrected chi connectivity index (χ2v) is 5.57. The maximum Gasteiger partial charge on any atom is 0.163 e. The minimum atomic E-state index is 0.190. The lowest BCUT2D eigenvalue weighted by Crippen LogP contribution is -2.07. The Balaban J connectivity index is 1.74. The lowest BCUT2D eigenvalue weighted by atomic mass is 9.85. The highest BCUT2D eigenvalue weighted by molar-refractivity contribution is 6.29. The van der Waals surface area contributed by atoms with E-state index >= 15 is 0 Å². The van der Waals surface area contributed by atoms with Crippen molar-refractivity contribution in [2.24, 2.45) is 5.92 Å². The van der Waals surface area contributed by atoms with Crippen LogP contribution in [0, 0.1) is 5.92 Å². The number of carbonyl (C=O) groups is 1. The molecular formula is C15H20ClNO. The molecule has 3 heteroatoms. The van der Waals surface area contributed by atoms with Gasteiger partial charge in [0.25, 0.3) is 0 Å². The Kier molecular flexibility index (Phi) is 5.18. The molecule has 0 atom stereocenters. The third-order valence-corrected chi connectivity index (χ3v) is 4.00. The highest BCUT2D eigenvalue weighted by Crippen LogP contribution is 2.28. The molecular weight excluding hydrogens is 246 g/mol. The first-order valence-electron chi connectivity index (χ1n) is 6.90. The van der Waals surface area contributed by atoms with Gasteiger partial charge in [-0.15, -0.1) is 0 Å². The number of halogens is 1. The molecule has 0 amide bonds. The first kappa shape index (κ1) is 13.5. The zero-order valence-corrected chi connectivity index (χ0v) is 11.5. The van der Waals surface area contributed by atoms with E-state index in [-0.39, 0.29) is 5.78 Å². The minimum absolute atomic E-state index is 0.190. The van der Waals surface area contributed by atoms with E-state index in [0.29, 0.717) is 17.1 Å². The summed E-state index contributed by atoms with van der Waals surface area (Å²) >= 11 is 5.78. The molecule has 0 aromatic carbocycles. The molecule has 18 heavy (non-hydrogen) atoms. The van der Waals surface area contributed by atoms with Crippen LogP contribution in [-0.4, -0.2) is 10.8 Å². The van der Waals surface area contributed by atoms with Crippen LogP contribution in [0.5, 0.6) is 0 Å². The summed E-state index contributed by atoms with van der Waals surface area (Å²) in [7, 11) is 0. The fraction of sp³-hybridized carbons (Fsp3) is 0.600. The highest BCUT2D eigenvalue weighted by atomic mass is 35.5. The predicted molar refractivity (Wildman–Crippen MR) is 74.0 cm³/mol. The maximum atomic E-state index is 12.0. The lowest BCUT2D eigenvalue weighted by molar-refractivity contribution is 0.0976. The van der Waals surface area contributed by atoms with Gasteiger partial charge in [-0.2, -0.15) is 0 Å². The molecule has 98 valence electrons. The van der Waals surface area contributed by atoms with E-state index < -0.39 is 0 Å². The Labute approximate surface area is 114 Å². The summed E-state index contributed by atoms with van der Waals surface area (Å²) in [5.74, 6) is 1.04. The third-order valence-electron chi connectivity index (χ3n) is 3.79. The van der Waals surface area contributed by atoms with Gasteiger partial charge in [-0.1, -0.05) is 50.1 Å². The monoisotopic (exact) mass is 265 g/mol. The van der Waals surface area contributed by atoms with Crippen molar-refractivity contribution in [3.8, 4) is 0 Å². The van der Waals surface area contributed by atoms with Crippen LogP contribution in [0.3, 0.4) is 0 Å². The van der Waals surface area contributed by atoms with Crippen molar-refractivity contribution in [3.63, 3.8) is 0 Å². The van der Waals surface area contributed by atoms with Gasteiger partial charge in [0.15, 0.2) is 5.78 Å². The van der Waals surface area contributed by atoms with Crippen molar-refractivity contribution >= 4 is 17.4 Å². The second-order valence-electron chi connectivity index (χ2n) is 5.19. The SMILES string of the molecule is O=C(CCCC1CCCCC1)c1ccnc(Cl)c1. The normalized spacial score (nSPS) is 16.7. The van der Waals surface area contributed by atoms with E-state index in [1.165, 1.54) is 38.5 Å². The number of ketones is 1. The number of nitrogens with zero attached hydrogens (tertiary/aromatic N) is 1. The molecule has 0 saturated heterocycles. The number of hydrogen-bond acceptors (Lipinski definition) is 2. The van der Waals surface area contributed by atoms with Crippen LogP contribution in [0.2, 0.25) is 5.15 Å². The summed E-state index contributed by atoms with van der Waals surface area (Å²) in [5, 5.41) is 0.396. The molecule has 1 aromatic heterocycles. The fourth-order valence-electron chi connectivity index (χ4n) is 2.75. The number of pyridine rings is 1. The molecule has 1 heterocycles. The van der Waals surface area contributed by atoms with Gasteiger partial charge >= 0.3 is 0 Å².